The van der Waals surface area contributed by atoms with Crippen molar-refractivity contribution < 1.29 is 8.42 Å². The molecule has 1 aliphatic rings. The molecule has 0 heterocycles. The van der Waals surface area contributed by atoms with Crippen molar-refractivity contribution in [2.24, 2.45) is 0 Å². The van der Waals surface area contributed by atoms with Crippen molar-refractivity contribution in [3.63, 3.8) is 0 Å². The number of nitrogen functional groups attached to an aromatic ring is 1. The predicted octanol–water partition coefficient (Wildman–Crippen LogP) is 2.34. The average Bonchev–Trinajstić information content (AvgIpc) is 3.20. The number of sulfonamides is 1. The molecule has 4 nitrogen and oxygen atoms in total. The van der Waals surface area contributed by atoms with Crippen molar-refractivity contribution in [3.8, 4) is 0 Å². The van der Waals surface area contributed by atoms with Crippen LogP contribution >= 0.6 is 11.8 Å². The van der Waals surface area contributed by atoms with Crippen molar-refractivity contribution in [2.45, 2.75) is 23.8 Å². The lowest BCUT2D eigenvalue weighted by molar-refractivity contribution is 0.437. The van der Waals surface area contributed by atoms with Crippen LogP contribution in [0.1, 0.15) is 12.8 Å². The summed E-state index contributed by atoms with van der Waals surface area (Å²) in [6.45, 7) is 4.05. The molecule has 2 N–H and O–H groups in total. The van der Waals surface area contributed by atoms with Crippen LogP contribution in [0, 0.1) is 0 Å². The molecule has 2 rings (SSSR count). The molecular weight excluding hydrogens is 292 g/mol. The normalized spacial score (nSPS) is 15.4. The van der Waals surface area contributed by atoms with Crippen LogP contribution in [0.15, 0.2) is 41.8 Å². The Hall–Kier alpha value is -0.980. The molecule has 0 unspecified atom stereocenters. The lowest BCUT2D eigenvalue weighted by atomic mass is 10.3. The van der Waals surface area contributed by atoms with Gasteiger partial charge in [-0.2, -0.15) is 4.31 Å². The molecule has 0 aliphatic heterocycles. The Labute approximate surface area is 125 Å². The zero-order valence-corrected chi connectivity index (χ0v) is 13.0. The molecule has 0 aromatic heterocycles. The SMILES string of the molecule is C=CCN(C1CC1)S(=O)(=O)CCSc1cccc(N)c1. The molecular formula is C14H20N2O2S2. The van der Waals surface area contributed by atoms with Gasteiger partial charge < -0.3 is 5.73 Å². The van der Waals surface area contributed by atoms with Gasteiger partial charge in [0.1, 0.15) is 0 Å². The van der Waals surface area contributed by atoms with Crippen LogP contribution in [0.5, 0.6) is 0 Å². The van der Waals surface area contributed by atoms with Crippen molar-refractivity contribution >= 4 is 27.5 Å². The number of rotatable bonds is 8. The van der Waals surface area contributed by atoms with Gasteiger partial charge in [0, 0.05) is 28.9 Å². The molecule has 6 heteroatoms. The third kappa shape index (κ3) is 4.26. The monoisotopic (exact) mass is 312 g/mol. The lowest BCUT2D eigenvalue weighted by Crippen LogP contribution is -2.35. The fourth-order valence-corrected chi connectivity index (χ4v) is 5.00. The third-order valence-corrected chi connectivity index (χ3v) is 6.22. The molecule has 1 saturated carbocycles. The van der Waals surface area contributed by atoms with Gasteiger partial charge in [-0.15, -0.1) is 18.3 Å². The largest absolute Gasteiger partial charge is 0.399 e. The van der Waals surface area contributed by atoms with E-state index in [1.807, 2.05) is 24.3 Å². The summed E-state index contributed by atoms with van der Waals surface area (Å²) >= 11 is 1.52. The number of nitrogens with two attached hydrogens (primary N) is 1. The zero-order valence-electron chi connectivity index (χ0n) is 11.4. The van der Waals surface area contributed by atoms with Crippen molar-refractivity contribution in [2.75, 3.05) is 23.8 Å². The van der Waals surface area contributed by atoms with Gasteiger partial charge in [0.2, 0.25) is 10.0 Å². The Bertz CT molecular complexity index is 568. The van der Waals surface area contributed by atoms with Crippen LogP contribution in [0.2, 0.25) is 0 Å². The molecule has 110 valence electrons. The fourth-order valence-electron chi connectivity index (χ4n) is 1.97. The molecule has 1 aromatic rings. The molecule has 0 atom stereocenters. The number of hydrogen-bond acceptors (Lipinski definition) is 4. The molecule has 1 fully saturated rings. The first kappa shape index (κ1) is 15.4. The van der Waals surface area contributed by atoms with Crippen LogP contribution in [-0.4, -0.2) is 36.8 Å². The van der Waals surface area contributed by atoms with E-state index < -0.39 is 10.0 Å². The molecule has 0 spiro atoms. The lowest BCUT2D eigenvalue weighted by Gasteiger charge is -2.19. The summed E-state index contributed by atoms with van der Waals surface area (Å²) in [7, 11) is -3.19. The van der Waals surface area contributed by atoms with Gasteiger partial charge in [0.25, 0.3) is 0 Å². The standard InChI is InChI=1S/C14H20N2O2S2/c1-2-8-16(13-6-7-13)20(17,18)10-9-19-14-5-3-4-12(15)11-14/h2-5,11,13H,1,6-10,15H2. The van der Waals surface area contributed by atoms with Crippen LogP contribution in [0.4, 0.5) is 5.69 Å². The summed E-state index contributed by atoms with van der Waals surface area (Å²) in [5.74, 6) is 0.683. The Morgan fingerprint density at radius 3 is 2.80 bits per heavy atom. The zero-order chi connectivity index (χ0) is 14.6. The van der Waals surface area contributed by atoms with Crippen LogP contribution < -0.4 is 5.73 Å². The molecule has 0 amide bonds. The predicted molar refractivity (Wildman–Crippen MR) is 85.3 cm³/mol. The van der Waals surface area contributed by atoms with Crippen molar-refractivity contribution in [3.05, 3.63) is 36.9 Å². The van der Waals surface area contributed by atoms with Gasteiger partial charge in [0.15, 0.2) is 0 Å². The second-order valence-corrected chi connectivity index (χ2v) is 8.04. The average molecular weight is 312 g/mol. The molecule has 0 saturated heterocycles. The maximum atomic E-state index is 12.3. The van der Waals surface area contributed by atoms with Gasteiger partial charge in [-0.05, 0) is 31.0 Å². The highest BCUT2D eigenvalue weighted by Crippen LogP contribution is 2.30. The van der Waals surface area contributed by atoms with E-state index in [9.17, 15) is 8.42 Å². The molecule has 1 aromatic carbocycles. The highest BCUT2D eigenvalue weighted by molar-refractivity contribution is 8.00. The Kier molecular flexibility index (Phi) is 5.12. The van der Waals surface area contributed by atoms with Crippen LogP contribution in [-0.2, 0) is 10.0 Å². The Morgan fingerprint density at radius 2 is 2.20 bits per heavy atom. The smallest absolute Gasteiger partial charge is 0.215 e. The summed E-state index contributed by atoms with van der Waals surface area (Å²) in [6.07, 6.45) is 3.59. The van der Waals surface area contributed by atoms with E-state index in [-0.39, 0.29) is 11.8 Å². The maximum absolute atomic E-state index is 12.3. The van der Waals surface area contributed by atoms with E-state index in [0.717, 1.165) is 17.7 Å². The second kappa shape index (κ2) is 6.65. The van der Waals surface area contributed by atoms with Crippen LogP contribution in [0.3, 0.4) is 0 Å². The first-order valence-corrected chi connectivity index (χ1v) is 9.21. The van der Waals surface area contributed by atoms with E-state index in [4.69, 9.17) is 5.73 Å². The third-order valence-electron chi connectivity index (χ3n) is 3.09. The first-order valence-electron chi connectivity index (χ1n) is 6.61. The Morgan fingerprint density at radius 1 is 1.45 bits per heavy atom. The minimum Gasteiger partial charge on any atom is -0.399 e. The van der Waals surface area contributed by atoms with Crippen molar-refractivity contribution in [1.82, 2.24) is 4.31 Å². The minimum absolute atomic E-state index is 0.150. The van der Waals surface area contributed by atoms with E-state index in [1.165, 1.54) is 11.8 Å². The maximum Gasteiger partial charge on any atom is 0.215 e. The van der Waals surface area contributed by atoms with E-state index in [1.54, 1.807) is 10.4 Å². The van der Waals surface area contributed by atoms with Crippen LogP contribution in [0.25, 0.3) is 0 Å². The number of nitrogens with zero attached hydrogens (tertiary/aromatic N) is 1. The van der Waals surface area contributed by atoms with Gasteiger partial charge in [-0.1, -0.05) is 12.1 Å². The van der Waals surface area contributed by atoms with E-state index >= 15 is 0 Å². The summed E-state index contributed by atoms with van der Waals surface area (Å²) < 4.78 is 26.2. The summed E-state index contributed by atoms with van der Waals surface area (Å²) in [4.78, 5) is 1.00. The minimum atomic E-state index is -3.19. The Balaban J connectivity index is 1.90. The number of hydrogen-bond donors (Lipinski definition) is 1. The topological polar surface area (TPSA) is 63.4 Å². The highest BCUT2D eigenvalue weighted by Gasteiger charge is 2.35. The fraction of sp³-hybridized carbons (Fsp3) is 0.429. The second-order valence-electron chi connectivity index (χ2n) is 4.83. The summed E-state index contributed by atoms with van der Waals surface area (Å²) in [6, 6.07) is 7.69. The molecule has 0 bridgehead atoms. The van der Waals surface area contributed by atoms with Gasteiger partial charge >= 0.3 is 0 Å². The highest BCUT2D eigenvalue weighted by atomic mass is 32.2. The number of anilines is 1. The first-order chi connectivity index (χ1) is 9.53. The molecule has 20 heavy (non-hydrogen) atoms. The molecule has 0 radical (unpaired) electrons. The molecule has 1 aliphatic carbocycles. The summed E-state index contributed by atoms with van der Waals surface area (Å²) in [5, 5.41) is 0. The number of benzene rings is 1. The quantitative estimate of drug-likeness (QED) is 0.455. The van der Waals surface area contributed by atoms with E-state index in [0.29, 0.717) is 18.0 Å². The summed E-state index contributed by atoms with van der Waals surface area (Å²) in [5.41, 5.74) is 6.40. The van der Waals surface area contributed by atoms with Gasteiger partial charge in [-0.25, -0.2) is 8.42 Å². The van der Waals surface area contributed by atoms with Gasteiger partial charge in [0.05, 0.1) is 5.75 Å². The van der Waals surface area contributed by atoms with Crippen molar-refractivity contribution in [1.29, 1.82) is 0 Å². The number of thioether (sulfide) groups is 1. The van der Waals surface area contributed by atoms with Gasteiger partial charge in [-0.3, -0.25) is 0 Å². The van der Waals surface area contributed by atoms with E-state index in [2.05, 4.69) is 6.58 Å².